The van der Waals surface area contributed by atoms with Crippen LogP contribution in [-0.2, 0) is 0 Å². The zero-order chi connectivity index (χ0) is 14.8. The number of halogens is 1. The van der Waals surface area contributed by atoms with Gasteiger partial charge in [-0.05, 0) is 19.1 Å². The Morgan fingerprint density at radius 1 is 1.43 bits per heavy atom. The molecule has 0 spiro atoms. The lowest BCUT2D eigenvalue weighted by Gasteiger charge is -2.13. The molecule has 2 heterocycles. The number of hydrogen-bond acceptors (Lipinski definition) is 3. The Labute approximate surface area is 125 Å². The Bertz CT molecular complexity index is 779. The molecule has 2 N–H and O–H groups in total. The van der Waals surface area contributed by atoms with E-state index in [1.165, 1.54) is 6.20 Å². The number of nitrogens with zero attached hydrogens (tertiary/aromatic N) is 3. The molecule has 3 rings (SSSR count). The van der Waals surface area contributed by atoms with Gasteiger partial charge in [0.25, 0.3) is 5.91 Å². The molecule has 0 saturated heterocycles. The molecule has 0 atom stereocenters. The molecule has 2 aromatic heterocycles. The molecule has 21 heavy (non-hydrogen) atoms. The standard InChI is InChI=1S/C14H12ClN5O/c1-9-10(7-17-19-9)14(21)18-12-4-2-3-11(15)13(12)20-6-5-16-8-20/h2-8H,1H3,(H,17,19)(H,18,21). The fraction of sp³-hybridized carbons (Fsp3) is 0.0714. The van der Waals surface area contributed by atoms with Crippen LogP contribution in [-0.4, -0.2) is 25.7 Å². The van der Waals surface area contributed by atoms with Gasteiger partial charge in [-0.25, -0.2) is 4.98 Å². The second kappa shape index (κ2) is 5.41. The summed E-state index contributed by atoms with van der Waals surface area (Å²) in [6.45, 7) is 1.79. The average molecular weight is 302 g/mol. The second-order valence-electron chi connectivity index (χ2n) is 4.47. The summed E-state index contributed by atoms with van der Waals surface area (Å²) in [6, 6.07) is 5.32. The van der Waals surface area contributed by atoms with Gasteiger partial charge in [0, 0.05) is 18.1 Å². The maximum Gasteiger partial charge on any atom is 0.259 e. The number of imidazole rings is 1. The van der Waals surface area contributed by atoms with Crippen LogP contribution in [0, 0.1) is 6.92 Å². The first-order valence-corrected chi connectivity index (χ1v) is 6.63. The van der Waals surface area contributed by atoms with E-state index in [0.29, 0.717) is 27.7 Å². The van der Waals surface area contributed by atoms with Gasteiger partial charge >= 0.3 is 0 Å². The monoisotopic (exact) mass is 301 g/mol. The first kappa shape index (κ1) is 13.4. The summed E-state index contributed by atoms with van der Waals surface area (Å²) < 4.78 is 1.75. The van der Waals surface area contributed by atoms with Crippen LogP contribution in [0.5, 0.6) is 0 Å². The number of benzene rings is 1. The lowest BCUT2D eigenvalue weighted by Crippen LogP contribution is -2.14. The first-order valence-electron chi connectivity index (χ1n) is 6.25. The summed E-state index contributed by atoms with van der Waals surface area (Å²) >= 11 is 6.24. The zero-order valence-electron chi connectivity index (χ0n) is 11.2. The highest BCUT2D eigenvalue weighted by atomic mass is 35.5. The molecule has 1 amide bonds. The number of nitrogens with one attached hydrogen (secondary N) is 2. The Kier molecular flexibility index (Phi) is 3.45. The normalized spacial score (nSPS) is 10.6. The Morgan fingerprint density at radius 3 is 2.95 bits per heavy atom. The quantitative estimate of drug-likeness (QED) is 0.781. The van der Waals surface area contributed by atoms with Crippen molar-refractivity contribution in [2.45, 2.75) is 6.92 Å². The number of amides is 1. The SMILES string of the molecule is Cc1[nH]ncc1C(=O)Nc1cccc(Cl)c1-n1ccnc1. The molecular formula is C14H12ClN5O. The van der Waals surface area contributed by atoms with Crippen LogP contribution in [0.25, 0.3) is 5.69 Å². The van der Waals surface area contributed by atoms with Gasteiger partial charge in [-0.1, -0.05) is 17.7 Å². The van der Waals surface area contributed by atoms with E-state index in [-0.39, 0.29) is 5.91 Å². The van der Waals surface area contributed by atoms with Crippen LogP contribution in [0.4, 0.5) is 5.69 Å². The summed E-state index contributed by atoms with van der Waals surface area (Å²) in [7, 11) is 0. The molecule has 0 aliphatic rings. The average Bonchev–Trinajstić information content (AvgIpc) is 3.10. The molecule has 0 radical (unpaired) electrons. The number of rotatable bonds is 3. The molecule has 0 bridgehead atoms. The van der Waals surface area contributed by atoms with E-state index in [2.05, 4.69) is 20.5 Å². The number of aryl methyl sites for hydroxylation is 1. The van der Waals surface area contributed by atoms with Crippen molar-refractivity contribution in [2.75, 3.05) is 5.32 Å². The van der Waals surface area contributed by atoms with Crippen molar-refractivity contribution in [1.29, 1.82) is 0 Å². The summed E-state index contributed by atoms with van der Waals surface area (Å²) in [6.07, 6.45) is 6.53. The van der Waals surface area contributed by atoms with Crippen LogP contribution in [0.15, 0.2) is 43.1 Å². The van der Waals surface area contributed by atoms with Gasteiger partial charge in [0.05, 0.1) is 34.5 Å². The minimum atomic E-state index is -0.245. The smallest absolute Gasteiger partial charge is 0.259 e. The molecule has 3 aromatic rings. The van der Waals surface area contributed by atoms with Gasteiger partial charge in [0.1, 0.15) is 0 Å². The van der Waals surface area contributed by atoms with E-state index in [1.54, 1.807) is 48.4 Å². The van der Waals surface area contributed by atoms with Crippen molar-refractivity contribution in [3.8, 4) is 5.69 Å². The van der Waals surface area contributed by atoms with Crippen molar-refractivity contribution >= 4 is 23.2 Å². The zero-order valence-corrected chi connectivity index (χ0v) is 11.9. The van der Waals surface area contributed by atoms with Crippen LogP contribution in [0.1, 0.15) is 16.1 Å². The highest BCUT2D eigenvalue weighted by Gasteiger charge is 2.15. The van der Waals surface area contributed by atoms with E-state index in [4.69, 9.17) is 11.6 Å². The van der Waals surface area contributed by atoms with Gasteiger partial charge in [-0.2, -0.15) is 5.10 Å². The Balaban J connectivity index is 1.98. The molecule has 7 heteroatoms. The van der Waals surface area contributed by atoms with Crippen molar-refractivity contribution in [3.63, 3.8) is 0 Å². The highest BCUT2D eigenvalue weighted by Crippen LogP contribution is 2.28. The van der Waals surface area contributed by atoms with E-state index in [1.807, 2.05) is 0 Å². The van der Waals surface area contributed by atoms with Crippen molar-refractivity contribution in [2.24, 2.45) is 0 Å². The fourth-order valence-corrected chi connectivity index (χ4v) is 2.31. The third kappa shape index (κ3) is 2.53. The van der Waals surface area contributed by atoms with Gasteiger partial charge in [0.15, 0.2) is 0 Å². The second-order valence-corrected chi connectivity index (χ2v) is 4.88. The number of hydrogen-bond donors (Lipinski definition) is 2. The topological polar surface area (TPSA) is 75.6 Å². The van der Waals surface area contributed by atoms with E-state index in [9.17, 15) is 4.79 Å². The minimum Gasteiger partial charge on any atom is -0.320 e. The predicted octanol–water partition coefficient (Wildman–Crippen LogP) is 2.81. The van der Waals surface area contributed by atoms with E-state index >= 15 is 0 Å². The van der Waals surface area contributed by atoms with Crippen LogP contribution in [0.2, 0.25) is 5.02 Å². The maximum absolute atomic E-state index is 12.3. The summed E-state index contributed by atoms with van der Waals surface area (Å²) in [5.41, 5.74) is 2.47. The van der Waals surface area contributed by atoms with Crippen molar-refractivity contribution in [3.05, 3.63) is 59.4 Å². The lowest BCUT2D eigenvalue weighted by atomic mass is 10.2. The largest absolute Gasteiger partial charge is 0.320 e. The third-order valence-electron chi connectivity index (χ3n) is 3.07. The van der Waals surface area contributed by atoms with Gasteiger partial charge in [-0.15, -0.1) is 0 Å². The highest BCUT2D eigenvalue weighted by molar-refractivity contribution is 6.33. The molecule has 0 aliphatic heterocycles. The third-order valence-corrected chi connectivity index (χ3v) is 3.38. The van der Waals surface area contributed by atoms with E-state index < -0.39 is 0 Å². The fourth-order valence-electron chi connectivity index (χ4n) is 2.04. The number of para-hydroxylation sites is 1. The summed E-state index contributed by atoms with van der Waals surface area (Å²) in [5.74, 6) is -0.245. The van der Waals surface area contributed by atoms with Gasteiger partial charge in [0.2, 0.25) is 0 Å². The predicted molar refractivity (Wildman–Crippen MR) is 79.9 cm³/mol. The molecule has 106 valence electrons. The molecule has 1 aromatic carbocycles. The molecule has 6 nitrogen and oxygen atoms in total. The first-order chi connectivity index (χ1) is 10.2. The molecular weight excluding hydrogens is 290 g/mol. The number of aromatic amines is 1. The summed E-state index contributed by atoms with van der Waals surface area (Å²) in [4.78, 5) is 16.3. The Hall–Kier alpha value is -2.60. The number of carbonyl (C=O) groups is 1. The van der Waals surface area contributed by atoms with Crippen LogP contribution >= 0.6 is 11.6 Å². The number of aromatic nitrogens is 4. The summed E-state index contributed by atoms with van der Waals surface area (Å²) in [5, 5.41) is 9.96. The van der Waals surface area contributed by atoms with Crippen molar-refractivity contribution < 1.29 is 4.79 Å². The molecule has 0 unspecified atom stereocenters. The minimum absolute atomic E-state index is 0.245. The molecule has 0 aliphatic carbocycles. The maximum atomic E-state index is 12.3. The molecule has 0 saturated carbocycles. The van der Waals surface area contributed by atoms with Gasteiger partial charge in [-0.3, -0.25) is 9.89 Å². The number of anilines is 1. The van der Waals surface area contributed by atoms with Crippen LogP contribution < -0.4 is 5.32 Å². The number of H-pyrrole nitrogens is 1. The van der Waals surface area contributed by atoms with Crippen molar-refractivity contribution in [1.82, 2.24) is 19.7 Å². The Morgan fingerprint density at radius 2 is 2.29 bits per heavy atom. The molecule has 0 fully saturated rings. The van der Waals surface area contributed by atoms with E-state index in [0.717, 1.165) is 0 Å². The number of carbonyl (C=O) groups excluding carboxylic acids is 1. The lowest BCUT2D eigenvalue weighted by molar-refractivity contribution is 0.102. The van der Waals surface area contributed by atoms with Gasteiger partial charge < -0.3 is 9.88 Å². The van der Waals surface area contributed by atoms with Crippen LogP contribution in [0.3, 0.4) is 0 Å².